The summed E-state index contributed by atoms with van der Waals surface area (Å²) in [5.74, 6) is -0.933. The normalized spacial score (nSPS) is 15.4. The molecule has 4 heteroatoms. The number of fused-ring (bicyclic) bond motifs is 1. The third kappa shape index (κ3) is 1.14. The van der Waals surface area contributed by atoms with Gasteiger partial charge in [-0.1, -0.05) is 0 Å². The molecule has 2 N–H and O–H groups in total. The Kier molecular flexibility index (Phi) is 1.91. The van der Waals surface area contributed by atoms with Gasteiger partial charge in [-0.2, -0.15) is 0 Å². The van der Waals surface area contributed by atoms with Crippen molar-refractivity contribution in [3.63, 3.8) is 0 Å². The number of nitrogens with one attached hydrogen (secondary N) is 1. The number of hydrogen-bond donors (Lipinski definition) is 2. The van der Waals surface area contributed by atoms with Crippen LogP contribution >= 0.6 is 0 Å². The zero-order valence-electron chi connectivity index (χ0n) is 7.89. The van der Waals surface area contributed by atoms with Gasteiger partial charge in [0.05, 0.1) is 0 Å². The van der Waals surface area contributed by atoms with Gasteiger partial charge in [0.15, 0.2) is 5.78 Å². The van der Waals surface area contributed by atoms with Gasteiger partial charge in [0, 0.05) is 17.7 Å². The first-order valence-electron chi connectivity index (χ1n) is 4.59. The number of ketones is 1. The maximum absolute atomic E-state index is 11.5. The molecule has 1 heterocycles. The predicted molar refractivity (Wildman–Crippen MR) is 49.8 cm³/mol. The van der Waals surface area contributed by atoms with E-state index in [1.54, 1.807) is 6.92 Å². The molecule has 14 heavy (non-hydrogen) atoms. The highest BCUT2D eigenvalue weighted by molar-refractivity contribution is 6.02. The van der Waals surface area contributed by atoms with Crippen molar-refractivity contribution in [2.24, 2.45) is 0 Å². The average Bonchev–Trinajstić information content (AvgIpc) is 2.45. The van der Waals surface area contributed by atoms with Crippen LogP contribution in [0.25, 0.3) is 0 Å². The zero-order valence-corrected chi connectivity index (χ0v) is 7.89. The first kappa shape index (κ1) is 8.99. The van der Waals surface area contributed by atoms with E-state index < -0.39 is 5.97 Å². The first-order valence-corrected chi connectivity index (χ1v) is 4.59. The second-order valence-corrected chi connectivity index (χ2v) is 3.56. The van der Waals surface area contributed by atoms with Gasteiger partial charge >= 0.3 is 5.97 Å². The van der Waals surface area contributed by atoms with Gasteiger partial charge in [0.2, 0.25) is 0 Å². The Morgan fingerprint density at radius 3 is 2.71 bits per heavy atom. The summed E-state index contributed by atoms with van der Waals surface area (Å²) in [6.45, 7) is 1.68. The number of carboxylic acid groups (broad SMARTS) is 1. The molecule has 0 aromatic carbocycles. The van der Waals surface area contributed by atoms with Gasteiger partial charge in [-0.15, -0.1) is 0 Å². The second kappa shape index (κ2) is 2.97. The molecule has 0 fully saturated rings. The van der Waals surface area contributed by atoms with Gasteiger partial charge in [-0.25, -0.2) is 4.79 Å². The Bertz CT molecular complexity index is 417. The lowest BCUT2D eigenvalue weighted by atomic mass is 9.94. The molecule has 1 aliphatic rings. The van der Waals surface area contributed by atoms with Crippen LogP contribution in [0.5, 0.6) is 0 Å². The third-order valence-electron chi connectivity index (χ3n) is 2.65. The molecule has 0 radical (unpaired) electrons. The van der Waals surface area contributed by atoms with Gasteiger partial charge < -0.3 is 10.1 Å². The molecule has 0 spiro atoms. The van der Waals surface area contributed by atoms with Gasteiger partial charge in [-0.05, 0) is 25.3 Å². The highest BCUT2D eigenvalue weighted by Crippen LogP contribution is 2.26. The summed E-state index contributed by atoms with van der Waals surface area (Å²) >= 11 is 0. The summed E-state index contributed by atoms with van der Waals surface area (Å²) in [5, 5.41) is 8.86. The standard InChI is InChI=1S/C10H11NO3/c1-5-8-6(3-2-4-7(8)12)11-9(5)10(13)14/h11H,2-4H2,1H3,(H,13,14). The highest BCUT2D eigenvalue weighted by atomic mass is 16.4. The van der Waals surface area contributed by atoms with Crippen LogP contribution < -0.4 is 0 Å². The van der Waals surface area contributed by atoms with E-state index in [9.17, 15) is 9.59 Å². The molecule has 1 aromatic rings. The van der Waals surface area contributed by atoms with Crippen molar-refractivity contribution in [1.29, 1.82) is 0 Å². The topological polar surface area (TPSA) is 70.2 Å². The van der Waals surface area contributed by atoms with E-state index in [0.29, 0.717) is 17.5 Å². The molecular weight excluding hydrogens is 182 g/mol. The summed E-state index contributed by atoms with van der Waals surface area (Å²) in [6.07, 6.45) is 2.12. The smallest absolute Gasteiger partial charge is 0.352 e. The molecule has 0 aliphatic heterocycles. The Hall–Kier alpha value is -1.58. The monoisotopic (exact) mass is 193 g/mol. The van der Waals surface area contributed by atoms with Crippen LogP contribution in [-0.4, -0.2) is 21.8 Å². The van der Waals surface area contributed by atoms with Crippen LogP contribution in [0.4, 0.5) is 0 Å². The number of aromatic nitrogens is 1. The van der Waals surface area contributed by atoms with Crippen molar-refractivity contribution in [2.45, 2.75) is 26.2 Å². The Balaban J connectivity index is 2.60. The molecule has 0 atom stereocenters. The molecule has 2 rings (SSSR count). The number of aromatic amines is 1. The molecule has 4 nitrogen and oxygen atoms in total. The van der Waals surface area contributed by atoms with E-state index in [1.165, 1.54) is 0 Å². The minimum atomic E-state index is -0.996. The van der Waals surface area contributed by atoms with Crippen molar-refractivity contribution < 1.29 is 14.7 Å². The van der Waals surface area contributed by atoms with Gasteiger partial charge in [-0.3, -0.25) is 4.79 Å². The number of H-pyrrole nitrogens is 1. The average molecular weight is 193 g/mol. The summed E-state index contributed by atoms with van der Waals surface area (Å²) in [5.41, 5.74) is 2.13. The van der Waals surface area contributed by atoms with E-state index >= 15 is 0 Å². The fraction of sp³-hybridized carbons (Fsp3) is 0.400. The van der Waals surface area contributed by atoms with E-state index in [0.717, 1.165) is 18.5 Å². The number of carbonyl (C=O) groups excluding carboxylic acids is 1. The summed E-state index contributed by atoms with van der Waals surface area (Å²) in [7, 11) is 0. The minimum absolute atomic E-state index is 0.0625. The Morgan fingerprint density at radius 1 is 1.43 bits per heavy atom. The first-order chi connectivity index (χ1) is 6.61. The number of rotatable bonds is 1. The van der Waals surface area contributed by atoms with Crippen molar-refractivity contribution in [1.82, 2.24) is 4.98 Å². The number of carboxylic acids is 1. The Labute approximate surface area is 80.9 Å². The minimum Gasteiger partial charge on any atom is -0.477 e. The van der Waals surface area contributed by atoms with Crippen LogP contribution in [0.1, 0.15) is 44.9 Å². The van der Waals surface area contributed by atoms with Crippen LogP contribution in [0.2, 0.25) is 0 Å². The number of aromatic carboxylic acids is 1. The summed E-state index contributed by atoms with van der Waals surface area (Å²) < 4.78 is 0. The molecule has 0 saturated carbocycles. The fourth-order valence-electron chi connectivity index (χ4n) is 1.99. The quantitative estimate of drug-likeness (QED) is 0.710. The molecule has 74 valence electrons. The highest BCUT2D eigenvalue weighted by Gasteiger charge is 2.25. The molecule has 0 saturated heterocycles. The molecule has 1 aliphatic carbocycles. The zero-order chi connectivity index (χ0) is 10.3. The van der Waals surface area contributed by atoms with Gasteiger partial charge in [0.1, 0.15) is 5.69 Å². The number of Topliss-reactive ketones (excluding diaryl/α,β-unsaturated/α-hetero) is 1. The van der Waals surface area contributed by atoms with Crippen LogP contribution in [0.15, 0.2) is 0 Å². The van der Waals surface area contributed by atoms with Crippen LogP contribution in [0.3, 0.4) is 0 Å². The van der Waals surface area contributed by atoms with E-state index in [-0.39, 0.29) is 11.5 Å². The molecule has 0 amide bonds. The van der Waals surface area contributed by atoms with Crippen molar-refractivity contribution >= 4 is 11.8 Å². The van der Waals surface area contributed by atoms with E-state index in [4.69, 9.17) is 5.11 Å². The van der Waals surface area contributed by atoms with Crippen LogP contribution in [-0.2, 0) is 6.42 Å². The SMILES string of the molecule is Cc1c(C(=O)O)[nH]c2c1C(=O)CCC2. The molecule has 0 bridgehead atoms. The van der Waals surface area contributed by atoms with E-state index in [1.807, 2.05) is 0 Å². The largest absolute Gasteiger partial charge is 0.477 e. The fourth-order valence-corrected chi connectivity index (χ4v) is 1.99. The number of carbonyl (C=O) groups is 2. The molecule has 1 aromatic heterocycles. The predicted octanol–water partition coefficient (Wildman–Crippen LogP) is 1.54. The summed E-state index contributed by atoms with van der Waals surface area (Å²) in [6, 6.07) is 0. The maximum atomic E-state index is 11.5. The second-order valence-electron chi connectivity index (χ2n) is 3.56. The van der Waals surface area contributed by atoms with Crippen molar-refractivity contribution in [2.75, 3.05) is 0 Å². The molecular formula is C10H11NO3. The number of aryl methyl sites for hydroxylation is 1. The van der Waals surface area contributed by atoms with Crippen molar-refractivity contribution in [3.05, 3.63) is 22.5 Å². The van der Waals surface area contributed by atoms with E-state index in [2.05, 4.69) is 4.98 Å². The van der Waals surface area contributed by atoms with Crippen molar-refractivity contribution in [3.8, 4) is 0 Å². The lowest BCUT2D eigenvalue weighted by Crippen LogP contribution is -2.09. The van der Waals surface area contributed by atoms with Gasteiger partial charge in [0.25, 0.3) is 0 Å². The maximum Gasteiger partial charge on any atom is 0.352 e. The summed E-state index contributed by atoms with van der Waals surface area (Å²) in [4.78, 5) is 25.1. The Morgan fingerprint density at radius 2 is 2.14 bits per heavy atom. The number of hydrogen-bond acceptors (Lipinski definition) is 2. The van der Waals surface area contributed by atoms with Crippen LogP contribution in [0, 0.1) is 6.92 Å². The lowest BCUT2D eigenvalue weighted by Gasteiger charge is -2.09. The third-order valence-corrected chi connectivity index (χ3v) is 2.65. The lowest BCUT2D eigenvalue weighted by molar-refractivity contribution is 0.0690. The molecule has 0 unspecified atom stereocenters.